The topological polar surface area (TPSA) is 66.0 Å². The van der Waals surface area contributed by atoms with Gasteiger partial charge >= 0.3 is 6.09 Å². The number of fused-ring (bicyclic) bond motifs is 1. The number of hydrogen-bond acceptors (Lipinski definition) is 3. The van der Waals surface area contributed by atoms with Crippen LogP contribution in [-0.4, -0.2) is 55.8 Å². The predicted molar refractivity (Wildman–Crippen MR) is 113 cm³/mol. The smallest absolute Gasteiger partial charge is 0.409 e. The third-order valence-corrected chi connectivity index (χ3v) is 5.67. The highest BCUT2D eigenvalue weighted by molar-refractivity contribution is 5.80. The van der Waals surface area contributed by atoms with Gasteiger partial charge in [-0.15, -0.1) is 0 Å². The standard InChI is InChI=1S/C22H34N4O2/c1-3-23-21(25-19-12-14-26(15-13-19)22(27)28-4-2)24-16-18-10-7-9-17-8-5-6-11-20(17)18/h5-6,8,11,18-19H,3-4,7,9-10,12-16H2,1-2H3,(H2,23,24,25). The highest BCUT2D eigenvalue weighted by Crippen LogP contribution is 2.31. The van der Waals surface area contributed by atoms with Crippen LogP contribution in [0.5, 0.6) is 0 Å². The molecule has 6 heteroatoms. The molecule has 1 aromatic carbocycles. The lowest BCUT2D eigenvalue weighted by Crippen LogP contribution is -2.50. The van der Waals surface area contributed by atoms with Crippen molar-refractivity contribution in [2.75, 3.05) is 32.8 Å². The SMILES string of the molecule is CCNC(=NCC1CCCc2ccccc21)NC1CCN(C(=O)OCC)CC1. The zero-order chi connectivity index (χ0) is 19.8. The number of aliphatic imine (C=N–C) groups is 1. The van der Waals surface area contributed by atoms with Gasteiger partial charge in [-0.3, -0.25) is 4.99 Å². The van der Waals surface area contributed by atoms with E-state index < -0.39 is 0 Å². The normalized spacial score (nSPS) is 20.4. The first-order valence-corrected chi connectivity index (χ1v) is 10.8. The summed E-state index contributed by atoms with van der Waals surface area (Å²) in [4.78, 5) is 18.6. The molecule has 1 heterocycles. The van der Waals surface area contributed by atoms with E-state index in [1.165, 1.54) is 30.4 Å². The van der Waals surface area contributed by atoms with Crippen LogP contribution in [0.15, 0.2) is 29.3 Å². The Kier molecular flexibility index (Phi) is 7.57. The van der Waals surface area contributed by atoms with Crippen molar-refractivity contribution in [2.24, 2.45) is 4.99 Å². The van der Waals surface area contributed by atoms with Crippen LogP contribution in [0.1, 0.15) is 56.6 Å². The second kappa shape index (κ2) is 10.3. The highest BCUT2D eigenvalue weighted by atomic mass is 16.6. The fourth-order valence-electron chi connectivity index (χ4n) is 4.18. The molecule has 0 aromatic heterocycles. The number of piperidine rings is 1. The summed E-state index contributed by atoms with van der Waals surface area (Å²) >= 11 is 0. The van der Waals surface area contributed by atoms with E-state index in [0.29, 0.717) is 18.6 Å². The molecular weight excluding hydrogens is 352 g/mol. The third kappa shape index (κ3) is 5.40. The molecule has 0 radical (unpaired) electrons. The van der Waals surface area contributed by atoms with Gasteiger partial charge in [-0.1, -0.05) is 24.3 Å². The van der Waals surface area contributed by atoms with Gasteiger partial charge in [0, 0.05) is 38.1 Å². The summed E-state index contributed by atoms with van der Waals surface area (Å²) in [6.45, 7) is 7.48. The summed E-state index contributed by atoms with van der Waals surface area (Å²) in [7, 11) is 0. The molecule has 1 aliphatic heterocycles. The summed E-state index contributed by atoms with van der Waals surface area (Å²) in [5, 5.41) is 6.95. The Bertz CT molecular complexity index is 668. The Morgan fingerprint density at radius 2 is 2.00 bits per heavy atom. The molecule has 1 aliphatic carbocycles. The van der Waals surface area contributed by atoms with Gasteiger partial charge in [-0.05, 0) is 57.1 Å². The van der Waals surface area contributed by atoms with E-state index in [1.807, 2.05) is 6.92 Å². The maximum absolute atomic E-state index is 11.9. The number of benzene rings is 1. The summed E-state index contributed by atoms with van der Waals surface area (Å²) < 4.78 is 5.10. The van der Waals surface area contributed by atoms with Gasteiger partial charge in [-0.2, -0.15) is 0 Å². The monoisotopic (exact) mass is 386 g/mol. The largest absolute Gasteiger partial charge is 0.450 e. The first-order valence-electron chi connectivity index (χ1n) is 10.8. The minimum Gasteiger partial charge on any atom is -0.450 e. The van der Waals surface area contributed by atoms with Crippen LogP contribution >= 0.6 is 0 Å². The molecule has 2 N–H and O–H groups in total. The lowest BCUT2D eigenvalue weighted by atomic mass is 9.83. The molecule has 0 spiro atoms. The summed E-state index contributed by atoms with van der Waals surface area (Å²) in [5.41, 5.74) is 2.95. The maximum atomic E-state index is 11.9. The van der Waals surface area contributed by atoms with Crippen molar-refractivity contribution in [3.8, 4) is 0 Å². The van der Waals surface area contributed by atoms with Crippen LogP contribution in [0.2, 0.25) is 0 Å². The first-order chi connectivity index (χ1) is 13.7. The molecule has 6 nitrogen and oxygen atoms in total. The van der Waals surface area contributed by atoms with Crippen LogP contribution in [0.25, 0.3) is 0 Å². The van der Waals surface area contributed by atoms with Crippen molar-refractivity contribution in [1.82, 2.24) is 15.5 Å². The van der Waals surface area contributed by atoms with E-state index in [0.717, 1.165) is 45.0 Å². The van der Waals surface area contributed by atoms with Crippen molar-refractivity contribution in [2.45, 2.75) is 57.9 Å². The Balaban J connectivity index is 1.55. The van der Waals surface area contributed by atoms with Gasteiger partial charge in [0.25, 0.3) is 0 Å². The minimum absolute atomic E-state index is 0.197. The van der Waals surface area contributed by atoms with Crippen molar-refractivity contribution < 1.29 is 9.53 Å². The fraction of sp³-hybridized carbons (Fsp3) is 0.636. The van der Waals surface area contributed by atoms with Crippen LogP contribution < -0.4 is 10.6 Å². The average Bonchev–Trinajstić information content (AvgIpc) is 2.73. The van der Waals surface area contributed by atoms with Crippen molar-refractivity contribution in [3.05, 3.63) is 35.4 Å². The molecule has 1 fully saturated rings. The molecule has 28 heavy (non-hydrogen) atoms. The number of carbonyl (C=O) groups is 1. The maximum Gasteiger partial charge on any atom is 0.409 e. The predicted octanol–water partition coefficient (Wildman–Crippen LogP) is 3.28. The second-order valence-corrected chi connectivity index (χ2v) is 7.61. The number of ether oxygens (including phenoxy) is 1. The van der Waals surface area contributed by atoms with E-state index in [4.69, 9.17) is 9.73 Å². The number of nitrogens with one attached hydrogen (secondary N) is 2. The van der Waals surface area contributed by atoms with Gasteiger partial charge < -0.3 is 20.3 Å². The number of nitrogens with zero attached hydrogens (tertiary/aromatic N) is 2. The first kappa shape index (κ1) is 20.5. The van der Waals surface area contributed by atoms with E-state index in [9.17, 15) is 4.79 Å². The molecule has 1 unspecified atom stereocenters. The van der Waals surface area contributed by atoms with Gasteiger partial charge in [0.15, 0.2) is 5.96 Å². The molecular formula is C22H34N4O2. The van der Waals surface area contributed by atoms with E-state index in [2.05, 4.69) is 41.8 Å². The number of rotatable bonds is 5. The van der Waals surface area contributed by atoms with Crippen LogP contribution in [0, 0.1) is 0 Å². The number of guanidine groups is 1. The van der Waals surface area contributed by atoms with Crippen molar-refractivity contribution in [1.29, 1.82) is 0 Å². The number of likely N-dealkylation sites (tertiary alicyclic amines) is 1. The quantitative estimate of drug-likeness (QED) is 0.602. The Hall–Kier alpha value is -2.24. The molecule has 3 rings (SSSR count). The lowest BCUT2D eigenvalue weighted by molar-refractivity contribution is 0.0963. The van der Waals surface area contributed by atoms with Crippen LogP contribution in [-0.2, 0) is 11.2 Å². The van der Waals surface area contributed by atoms with Crippen molar-refractivity contribution >= 4 is 12.1 Å². The van der Waals surface area contributed by atoms with Crippen molar-refractivity contribution in [3.63, 3.8) is 0 Å². The summed E-state index contributed by atoms with van der Waals surface area (Å²) in [5.74, 6) is 1.39. The third-order valence-electron chi connectivity index (χ3n) is 5.67. The minimum atomic E-state index is -0.197. The fourth-order valence-corrected chi connectivity index (χ4v) is 4.18. The van der Waals surface area contributed by atoms with E-state index >= 15 is 0 Å². The lowest BCUT2D eigenvalue weighted by Gasteiger charge is -2.32. The second-order valence-electron chi connectivity index (χ2n) is 7.61. The molecule has 0 bridgehead atoms. The van der Waals surface area contributed by atoms with Crippen LogP contribution in [0.4, 0.5) is 4.79 Å². The van der Waals surface area contributed by atoms with Crippen LogP contribution in [0.3, 0.4) is 0 Å². The summed E-state index contributed by atoms with van der Waals surface area (Å²) in [6.07, 6.45) is 5.27. The van der Waals surface area contributed by atoms with Gasteiger partial charge in [-0.25, -0.2) is 4.79 Å². The number of hydrogen-bond donors (Lipinski definition) is 2. The molecule has 1 aromatic rings. The Morgan fingerprint density at radius 3 is 2.75 bits per heavy atom. The van der Waals surface area contributed by atoms with E-state index in [-0.39, 0.29) is 6.09 Å². The molecule has 1 saturated heterocycles. The average molecular weight is 387 g/mol. The zero-order valence-electron chi connectivity index (χ0n) is 17.2. The van der Waals surface area contributed by atoms with Gasteiger partial charge in [0.2, 0.25) is 0 Å². The number of aryl methyl sites for hydroxylation is 1. The molecule has 2 aliphatic rings. The Labute approximate surface area is 168 Å². The summed E-state index contributed by atoms with van der Waals surface area (Å²) in [6, 6.07) is 9.13. The van der Waals surface area contributed by atoms with Gasteiger partial charge in [0.1, 0.15) is 0 Å². The molecule has 1 amide bonds. The van der Waals surface area contributed by atoms with E-state index in [1.54, 1.807) is 4.90 Å². The molecule has 154 valence electrons. The molecule has 1 atom stereocenters. The number of carbonyl (C=O) groups excluding carboxylic acids is 1. The number of amides is 1. The molecule has 0 saturated carbocycles. The Morgan fingerprint density at radius 1 is 1.21 bits per heavy atom. The zero-order valence-corrected chi connectivity index (χ0v) is 17.2. The van der Waals surface area contributed by atoms with Gasteiger partial charge in [0.05, 0.1) is 6.61 Å². The highest BCUT2D eigenvalue weighted by Gasteiger charge is 2.24.